The van der Waals surface area contributed by atoms with Crippen LogP contribution in [-0.2, 0) is 5.54 Å². The summed E-state index contributed by atoms with van der Waals surface area (Å²) in [5.74, 6) is 0.517. The van der Waals surface area contributed by atoms with Crippen molar-refractivity contribution in [1.29, 1.82) is 0 Å². The molecule has 108 valence electrons. The number of para-hydroxylation sites is 1. The highest BCUT2D eigenvalue weighted by Gasteiger charge is 2.41. The summed E-state index contributed by atoms with van der Waals surface area (Å²) in [6.07, 6.45) is 1.70. The molecule has 0 saturated carbocycles. The number of guanidine groups is 1. The molecule has 0 spiro atoms. The molecule has 1 unspecified atom stereocenters. The Bertz CT molecular complexity index is 533. The van der Waals surface area contributed by atoms with E-state index in [1.54, 1.807) is 24.3 Å². The van der Waals surface area contributed by atoms with Crippen molar-refractivity contribution in [1.82, 2.24) is 4.90 Å². The maximum atomic E-state index is 12.5. The fourth-order valence-corrected chi connectivity index (χ4v) is 2.42. The SMILES string of the molecule is C=CCN1C(N)=NCC1(C)c1ccccc1OC(F)F. The number of alkyl halides is 2. The Morgan fingerprint density at radius 2 is 2.25 bits per heavy atom. The summed E-state index contributed by atoms with van der Waals surface area (Å²) in [6.45, 7) is 3.58. The third-order valence-electron chi connectivity index (χ3n) is 3.42. The normalized spacial score (nSPS) is 22.0. The van der Waals surface area contributed by atoms with Gasteiger partial charge in [-0.15, -0.1) is 6.58 Å². The molecule has 0 saturated heterocycles. The lowest BCUT2D eigenvalue weighted by molar-refractivity contribution is -0.0515. The molecule has 6 heteroatoms. The first-order valence-electron chi connectivity index (χ1n) is 6.22. The lowest BCUT2D eigenvalue weighted by atomic mass is 9.90. The molecule has 2 N–H and O–H groups in total. The van der Waals surface area contributed by atoms with E-state index in [-0.39, 0.29) is 5.75 Å². The molecule has 1 aliphatic rings. The molecule has 0 fully saturated rings. The molecule has 2 rings (SSSR count). The summed E-state index contributed by atoms with van der Waals surface area (Å²) in [5.41, 5.74) is 5.88. The molecule has 0 aliphatic carbocycles. The predicted molar refractivity (Wildman–Crippen MR) is 73.8 cm³/mol. The van der Waals surface area contributed by atoms with E-state index < -0.39 is 12.2 Å². The summed E-state index contributed by atoms with van der Waals surface area (Å²) < 4.78 is 29.7. The Hall–Kier alpha value is -2.11. The van der Waals surface area contributed by atoms with Crippen molar-refractivity contribution in [3.05, 3.63) is 42.5 Å². The standard InChI is InChI=1S/C14H17F2N3O/c1-3-8-19-13(17)18-9-14(19,2)10-6-4-5-7-11(10)20-12(15)16/h3-7,12H,1,8-9H2,2H3,(H2,17,18). The number of benzene rings is 1. The molecular weight excluding hydrogens is 264 g/mol. The molecule has 0 bridgehead atoms. The summed E-state index contributed by atoms with van der Waals surface area (Å²) in [4.78, 5) is 6.04. The third kappa shape index (κ3) is 2.45. The minimum atomic E-state index is -2.87. The Labute approximate surface area is 116 Å². The van der Waals surface area contributed by atoms with E-state index in [2.05, 4.69) is 16.3 Å². The number of nitrogens with zero attached hydrogens (tertiary/aromatic N) is 2. The number of rotatable bonds is 5. The minimum Gasteiger partial charge on any atom is -0.434 e. The average molecular weight is 281 g/mol. The molecule has 1 aromatic rings. The quantitative estimate of drug-likeness (QED) is 0.843. The van der Waals surface area contributed by atoms with Gasteiger partial charge in [-0.05, 0) is 13.0 Å². The van der Waals surface area contributed by atoms with Gasteiger partial charge in [0.15, 0.2) is 5.96 Å². The Morgan fingerprint density at radius 1 is 1.55 bits per heavy atom. The van der Waals surface area contributed by atoms with E-state index in [4.69, 9.17) is 5.73 Å². The van der Waals surface area contributed by atoms with Crippen molar-refractivity contribution in [3.63, 3.8) is 0 Å². The highest BCUT2D eigenvalue weighted by molar-refractivity contribution is 5.81. The molecule has 4 nitrogen and oxygen atoms in total. The van der Waals surface area contributed by atoms with Crippen molar-refractivity contribution < 1.29 is 13.5 Å². The van der Waals surface area contributed by atoms with Crippen LogP contribution in [0.2, 0.25) is 0 Å². The second-order valence-electron chi connectivity index (χ2n) is 4.72. The zero-order valence-corrected chi connectivity index (χ0v) is 11.2. The van der Waals surface area contributed by atoms with Gasteiger partial charge in [0.25, 0.3) is 0 Å². The van der Waals surface area contributed by atoms with Crippen LogP contribution in [0.25, 0.3) is 0 Å². The van der Waals surface area contributed by atoms with E-state index in [1.807, 2.05) is 11.8 Å². The Morgan fingerprint density at radius 3 is 2.90 bits per heavy atom. The molecule has 20 heavy (non-hydrogen) atoms. The van der Waals surface area contributed by atoms with Crippen molar-refractivity contribution >= 4 is 5.96 Å². The van der Waals surface area contributed by atoms with Crippen LogP contribution in [0.1, 0.15) is 12.5 Å². The number of halogens is 2. The first-order chi connectivity index (χ1) is 9.49. The highest BCUT2D eigenvalue weighted by atomic mass is 19.3. The topological polar surface area (TPSA) is 50.8 Å². The van der Waals surface area contributed by atoms with Crippen LogP contribution >= 0.6 is 0 Å². The predicted octanol–water partition coefficient (Wildman–Crippen LogP) is 2.32. The molecule has 0 radical (unpaired) electrons. The van der Waals surface area contributed by atoms with Crippen molar-refractivity contribution in [2.75, 3.05) is 13.1 Å². The molecular formula is C14H17F2N3O. The minimum absolute atomic E-state index is 0.143. The number of aliphatic imine (C=N–C) groups is 1. The fraction of sp³-hybridized carbons (Fsp3) is 0.357. The van der Waals surface area contributed by atoms with Gasteiger partial charge >= 0.3 is 6.61 Å². The van der Waals surface area contributed by atoms with E-state index in [9.17, 15) is 8.78 Å². The van der Waals surface area contributed by atoms with Crippen LogP contribution < -0.4 is 10.5 Å². The van der Waals surface area contributed by atoms with Gasteiger partial charge in [0.05, 0.1) is 12.1 Å². The summed E-state index contributed by atoms with van der Waals surface area (Å²) in [5, 5.41) is 0. The van der Waals surface area contributed by atoms with Gasteiger partial charge in [0.1, 0.15) is 5.75 Å². The third-order valence-corrected chi connectivity index (χ3v) is 3.42. The molecule has 1 aromatic carbocycles. The van der Waals surface area contributed by atoms with Crippen LogP contribution in [0.15, 0.2) is 41.9 Å². The molecule has 1 aliphatic heterocycles. The second-order valence-corrected chi connectivity index (χ2v) is 4.72. The van der Waals surface area contributed by atoms with Gasteiger partial charge in [-0.1, -0.05) is 24.3 Å². The lowest BCUT2D eigenvalue weighted by Crippen LogP contribution is -2.47. The summed E-state index contributed by atoms with van der Waals surface area (Å²) >= 11 is 0. The van der Waals surface area contributed by atoms with Crippen LogP contribution in [0.5, 0.6) is 5.75 Å². The molecule has 0 aromatic heterocycles. The first-order valence-corrected chi connectivity index (χ1v) is 6.22. The van der Waals surface area contributed by atoms with Crippen molar-refractivity contribution in [2.24, 2.45) is 10.7 Å². The van der Waals surface area contributed by atoms with Crippen LogP contribution in [0.4, 0.5) is 8.78 Å². The van der Waals surface area contributed by atoms with Crippen LogP contribution in [0, 0.1) is 0 Å². The van der Waals surface area contributed by atoms with Gasteiger partial charge in [0, 0.05) is 12.1 Å². The molecule has 1 heterocycles. The Balaban J connectivity index is 2.42. The number of ether oxygens (including phenoxy) is 1. The number of nitrogens with two attached hydrogens (primary N) is 1. The van der Waals surface area contributed by atoms with Gasteiger partial charge in [-0.25, -0.2) is 0 Å². The first kappa shape index (κ1) is 14.3. The maximum absolute atomic E-state index is 12.5. The van der Waals surface area contributed by atoms with E-state index in [0.717, 1.165) is 0 Å². The smallest absolute Gasteiger partial charge is 0.387 e. The van der Waals surface area contributed by atoms with E-state index in [1.165, 1.54) is 6.07 Å². The summed E-state index contributed by atoms with van der Waals surface area (Å²) in [7, 11) is 0. The van der Waals surface area contributed by atoms with Crippen molar-refractivity contribution in [2.45, 2.75) is 19.1 Å². The fourth-order valence-electron chi connectivity index (χ4n) is 2.42. The van der Waals surface area contributed by atoms with E-state index in [0.29, 0.717) is 24.6 Å². The van der Waals surface area contributed by atoms with Crippen LogP contribution in [0.3, 0.4) is 0 Å². The average Bonchev–Trinajstić information content (AvgIpc) is 2.68. The van der Waals surface area contributed by atoms with Gasteiger partial charge in [-0.2, -0.15) is 8.78 Å². The van der Waals surface area contributed by atoms with E-state index >= 15 is 0 Å². The van der Waals surface area contributed by atoms with Gasteiger partial charge < -0.3 is 15.4 Å². The largest absolute Gasteiger partial charge is 0.434 e. The highest BCUT2D eigenvalue weighted by Crippen LogP contribution is 2.38. The Kier molecular flexibility index (Phi) is 3.92. The zero-order chi connectivity index (χ0) is 14.8. The molecule has 1 atom stereocenters. The van der Waals surface area contributed by atoms with Gasteiger partial charge in [-0.3, -0.25) is 4.99 Å². The lowest BCUT2D eigenvalue weighted by Gasteiger charge is -2.36. The summed E-state index contributed by atoms with van der Waals surface area (Å²) in [6, 6.07) is 6.70. The number of hydrogen-bond donors (Lipinski definition) is 1. The zero-order valence-electron chi connectivity index (χ0n) is 11.2. The van der Waals surface area contributed by atoms with Crippen LogP contribution in [-0.4, -0.2) is 30.6 Å². The second kappa shape index (κ2) is 5.48. The number of hydrogen-bond acceptors (Lipinski definition) is 4. The molecule has 0 amide bonds. The monoisotopic (exact) mass is 281 g/mol. The maximum Gasteiger partial charge on any atom is 0.387 e. The van der Waals surface area contributed by atoms with Crippen molar-refractivity contribution in [3.8, 4) is 5.75 Å². The van der Waals surface area contributed by atoms with Gasteiger partial charge in [0.2, 0.25) is 0 Å².